The lowest BCUT2D eigenvalue weighted by Gasteiger charge is -2.15. The fourth-order valence-electron chi connectivity index (χ4n) is 2.62. The van der Waals surface area contributed by atoms with E-state index in [2.05, 4.69) is 10.4 Å². The third-order valence-corrected chi connectivity index (χ3v) is 3.98. The lowest BCUT2D eigenvalue weighted by atomic mass is 10.2. The van der Waals surface area contributed by atoms with E-state index in [0.717, 1.165) is 30.6 Å². The monoisotopic (exact) mass is 326 g/mol. The fraction of sp³-hybridized carbons (Fsp3) is 0.294. The third-order valence-electron chi connectivity index (χ3n) is 3.98. The van der Waals surface area contributed by atoms with E-state index < -0.39 is 5.91 Å². The summed E-state index contributed by atoms with van der Waals surface area (Å²) in [5, 5.41) is 6.60. The molecule has 0 bridgehead atoms. The maximum Gasteiger partial charge on any atom is 0.276 e. The zero-order valence-corrected chi connectivity index (χ0v) is 13.4. The van der Waals surface area contributed by atoms with Gasteiger partial charge in [-0.3, -0.25) is 14.4 Å². The normalized spacial score (nSPS) is 13.8. The van der Waals surface area contributed by atoms with Gasteiger partial charge in [0.1, 0.15) is 5.69 Å². The first-order valence-electron chi connectivity index (χ1n) is 7.79. The van der Waals surface area contributed by atoms with Crippen LogP contribution in [0.25, 0.3) is 0 Å². The van der Waals surface area contributed by atoms with Crippen molar-refractivity contribution < 1.29 is 9.59 Å². The average molecular weight is 326 g/mol. The minimum Gasteiger partial charge on any atom is -0.339 e. The third kappa shape index (κ3) is 3.34. The van der Waals surface area contributed by atoms with Crippen LogP contribution in [-0.2, 0) is 7.05 Å². The maximum absolute atomic E-state index is 12.3. The number of carbonyl (C=O) groups is 2. The summed E-state index contributed by atoms with van der Waals surface area (Å²) < 4.78 is 1.10. The summed E-state index contributed by atoms with van der Waals surface area (Å²) in [6, 6.07) is 9.43. The van der Waals surface area contributed by atoms with Gasteiger partial charge in [-0.1, -0.05) is 0 Å². The van der Waals surface area contributed by atoms with Gasteiger partial charge >= 0.3 is 0 Å². The highest BCUT2D eigenvalue weighted by atomic mass is 16.2. The number of carbonyl (C=O) groups excluding carboxylic acids is 2. The Balaban J connectivity index is 1.69. The summed E-state index contributed by atoms with van der Waals surface area (Å²) in [5.74, 6) is -0.394. The molecule has 24 heavy (non-hydrogen) atoms. The van der Waals surface area contributed by atoms with Crippen LogP contribution in [0.3, 0.4) is 0 Å². The van der Waals surface area contributed by atoms with Crippen molar-refractivity contribution in [1.29, 1.82) is 0 Å². The molecule has 2 aromatic rings. The van der Waals surface area contributed by atoms with Crippen LogP contribution >= 0.6 is 0 Å². The van der Waals surface area contributed by atoms with Crippen LogP contribution in [0.4, 0.5) is 5.69 Å². The Kier molecular flexibility index (Phi) is 4.41. The number of hydrogen-bond donors (Lipinski definition) is 1. The van der Waals surface area contributed by atoms with Crippen LogP contribution in [0.2, 0.25) is 0 Å². The molecule has 0 saturated carbocycles. The van der Waals surface area contributed by atoms with E-state index in [-0.39, 0.29) is 17.2 Å². The van der Waals surface area contributed by atoms with E-state index in [1.807, 2.05) is 4.90 Å². The molecule has 124 valence electrons. The van der Waals surface area contributed by atoms with Gasteiger partial charge in [0.15, 0.2) is 0 Å². The van der Waals surface area contributed by atoms with E-state index in [1.54, 1.807) is 24.3 Å². The molecule has 0 spiro atoms. The van der Waals surface area contributed by atoms with E-state index in [4.69, 9.17) is 0 Å². The SMILES string of the molecule is Cn1nc(C(=O)Nc2ccc(C(=O)N3CCCC3)cc2)ccc1=O. The van der Waals surface area contributed by atoms with Gasteiger partial charge in [-0.25, -0.2) is 4.68 Å². The first-order chi connectivity index (χ1) is 11.5. The van der Waals surface area contributed by atoms with Gasteiger partial charge in [-0.05, 0) is 43.2 Å². The Labute approximate surface area is 138 Å². The van der Waals surface area contributed by atoms with Gasteiger partial charge in [0, 0.05) is 37.5 Å². The second-order valence-corrected chi connectivity index (χ2v) is 5.71. The standard InChI is InChI=1S/C17H18N4O3/c1-20-15(22)9-8-14(19-20)16(23)18-13-6-4-12(5-7-13)17(24)21-10-2-3-11-21/h4-9H,2-3,10-11H2,1H3,(H,18,23). The number of rotatable bonds is 3. The van der Waals surface area contributed by atoms with Crippen molar-refractivity contribution in [3.8, 4) is 0 Å². The number of benzene rings is 1. The van der Waals surface area contributed by atoms with Gasteiger partial charge in [-0.2, -0.15) is 5.10 Å². The van der Waals surface area contributed by atoms with Crippen LogP contribution in [0.15, 0.2) is 41.2 Å². The van der Waals surface area contributed by atoms with Crippen molar-refractivity contribution in [2.75, 3.05) is 18.4 Å². The molecule has 2 heterocycles. The number of anilines is 1. The van der Waals surface area contributed by atoms with Gasteiger partial charge in [0.25, 0.3) is 17.4 Å². The van der Waals surface area contributed by atoms with Crippen molar-refractivity contribution in [2.24, 2.45) is 7.05 Å². The molecule has 2 amide bonds. The van der Waals surface area contributed by atoms with Crippen molar-refractivity contribution in [2.45, 2.75) is 12.8 Å². The zero-order chi connectivity index (χ0) is 17.1. The Morgan fingerprint density at radius 3 is 2.33 bits per heavy atom. The van der Waals surface area contributed by atoms with Gasteiger partial charge in [0.2, 0.25) is 0 Å². The van der Waals surface area contributed by atoms with Crippen LogP contribution in [0, 0.1) is 0 Å². The van der Waals surface area contributed by atoms with E-state index in [1.165, 1.54) is 19.2 Å². The number of nitrogens with one attached hydrogen (secondary N) is 1. The highest BCUT2D eigenvalue weighted by Gasteiger charge is 2.19. The van der Waals surface area contributed by atoms with Gasteiger partial charge < -0.3 is 10.2 Å². The van der Waals surface area contributed by atoms with Crippen LogP contribution in [0.1, 0.15) is 33.7 Å². The van der Waals surface area contributed by atoms with Crippen molar-refractivity contribution in [1.82, 2.24) is 14.7 Å². The quantitative estimate of drug-likeness (QED) is 0.920. The molecule has 1 aliphatic rings. The van der Waals surface area contributed by atoms with Crippen LogP contribution in [0.5, 0.6) is 0 Å². The van der Waals surface area contributed by atoms with Crippen molar-refractivity contribution in [3.63, 3.8) is 0 Å². The van der Waals surface area contributed by atoms with Gasteiger partial charge in [-0.15, -0.1) is 0 Å². The number of likely N-dealkylation sites (tertiary alicyclic amines) is 1. The highest BCUT2D eigenvalue weighted by Crippen LogP contribution is 2.15. The van der Waals surface area contributed by atoms with E-state index >= 15 is 0 Å². The van der Waals surface area contributed by atoms with E-state index in [9.17, 15) is 14.4 Å². The topological polar surface area (TPSA) is 84.3 Å². The molecule has 7 nitrogen and oxygen atoms in total. The predicted octanol–water partition coefficient (Wildman–Crippen LogP) is 1.27. The molecule has 0 atom stereocenters. The summed E-state index contributed by atoms with van der Waals surface area (Å²) in [5.41, 5.74) is 1.04. The van der Waals surface area contributed by atoms with Crippen LogP contribution < -0.4 is 10.9 Å². The molecule has 7 heteroatoms. The highest BCUT2D eigenvalue weighted by molar-refractivity contribution is 6.03. The van der Waals surface area contributed by atoms with Gasteiger partial charge in [0.05, 0.1) is 0 Å². The summed E-state index contributed by atoms with van der Waals surface area (Å²) in [4.78, 5) is 37.5. The Bertz CT molecular complexity index is 820. The molecule has 3 rings (SSSR count). The molecule has 1 aromatic carbocycles. The molecule has 0 aliphatic carbocycles. The minimum atomic E-state index is -0.413. The molecule has 0 radical (unpaired) electrons. The summed E-state index contributed by atoms with van der Waals surface area (Å²) >= 11 is 0. The summed E-state index contributed by atoms with van der Waals surface area (Å²) in [6.45, 7) is 1.60. The number of nitrogens with zero attached hydrogens (tertiary/aromatic N) is 3. The second kappa shape index (κ2) is 6.66. The molecule has 1 saturated heterocycles. The Morgan fingerprint density at radius 2 is 1.71 bits per heavy atom. The predicted molar refractivity (Wildman–Crippen MR) is 89.0 cm³/mol. The first-order valence-corrected chi connectivity index (χ1v) is 7.79. The fourth-order valence-corrected chi connectivity index (χ4v) is 2.62. The summed E-state index contributed by atoms with van der Waals surface area (Å²) in [7, 11) is 1.48. The molecule has 1 aliphatic heterocycles. The Morgan fingerprint density at radius 1 is 1.04 bits per heavy atom. The molecule has 0 unspecified atom stereocenters. The molecule has 1 aromatic heterocycles. The lowest BCUT2D eigenvalue weighted by Crippen LogP contribution is -2.27. The molecule has 1 N–H and O–H groups in total. The molecular weight excluding hydrogens is 308 g/mol. The zero-order valence-electron chi connectivity index (χ0n) is 13.4. The lowest BCUT2D eigenvalue weighted by molar-refractivity contribution is 0.0792. The molecular formula is C17H18N4O3. The van der Waals surface area contributed by atoms with Crippen molar-refractivity contribution in [3.05, 3.63) is 58.0 Å². The number of aromatic nitrogens is 2. The number of amides is 2. The van der Waals surface area contributed by atoms with Crippen LogP contribution in [-0.4, -0.2) is 39.6 Å². The van der Waals surface area contributed by atoms with Crippen molar-refractivity contribution >= 4 is 17.5 Å². The summed E-state index contributed by atoms with van der Waals surface area (Å²) in [6.07, 6.45) is 2.10. The average Bonchev–Trinajstić information content (AvgIpc) is 3.12. The molecule has 1 fully saturated rings. The van der Waals surface area contributed by atoms with E-state index in [0.29, 0.717) is 11.3 Å². The number of hydrogen-bond acceptors (Lipinski definition) is 4. The Hall–Kier alpha value is -2.96. The first kappa shape index (κ1) is 15.9. The maximum atomic E-state index is 12.3. The number of aryl methyl sites for hydroxylation is 1. The largest absolute Gasteiger partial charge is 0.339 e. The minimum absolute atomic E-state index is 0.0186. The second-order valence-electron chi connectivity index (χ2n) is 5.71. The smallest absolute Gasteiger partial charge is 0.276 e.